The third-order valence-corrected chi connectivity index (χ3v) is 6.54. The predicted octanol–water partition coefficient (Wildman–Crippen LogP) is 0.988. The van der Waals surface area contributed by atoms with E-state index >= 15 is 0 Å². The van der Waals surface area contributed by atoms with Gasteiger partial charge in [0.15, 0.2) is 0 Å². The monoisotopic (exact) mass is 410 g/mol. The zero-order valence-corrected chi connectivity index (χ0v) is 18.1. The number of likely N-dealkylation sites (N-methyl/N-ethyl adjacent to an activating group) is 3. The van der Waals surface area contributed by atoms with Crippen molar-refractivity contribution in [3.63, 3.8) is 0 Å². The average Bonchev–Trinajstić information content (AvgIpc) is 2.66. The van der Waals surface area contributed by atoms with E-state index < -0.39 is 16.1 Å². The molecule has 8 nitrogen and oxygen atoms in total. The van der Waals surface area contributed by atoms with Crippen molar-refractivity contribution in [2.45, 2.75) is 25.8 Å². The molecule has 1 aliphatic heterocycles. The molecule has 1 aromatic rings. The Morgan fingerprint density at radius 3 is 2.32 bits per heavy atom. The Morgan fingerprint density at radius 2 is 1.79 bits per heavy atom. The topological polar surface area (TPSA) is 81.2 Å². The van der Waals surface area contributed by atoms with Gasteiger partial charge in [0.1, 0.15) is 6.04 Å². The number of hydrogen-bond acceptors (Lipinski definition) is 5. The number of benzene rings is 1. The highest BCUT2D eigenvalue weighted by Gasteiger charge is 2.35. The molecule has 1 saturated heterocycles. The lowest BCUT2D eigenvalue weighted by atomic mass is 10.0. The number of hydrogen-bond donors (Lipinski definition) is 0. The first-order chi connectivity index (χ1) is 13.1. The van der Waals surface area contributed by atoms with E-state index in [9.17, 15) is 18.0 Å². The Hall–Kier alpha value is -1.97. The number of rotatable bonds is 7. The van der Waals surface area contributed by atoms with E-state index in [1.54, 1.807) is 41.1 Å². The number of carbonyl (C=O) groups is 2. The largest absolute Gasteiger partial charge is 0.314 e. The molecule has 2 amide bonds. The fourth-order valence-corrected chi connectivity index (χ4v) is 3.79. The lowest BCUT2D eigenvalue weighted by Gasteiger charge is -2.36. The summed E-state index contributed by atoms with van der Waals surface area (Å²) in [6, 6.07) is 6.51. The summed E-state index contributed by atoms with van der Waals surface area (Å²) in [4.78, 5) is 30.3. The molecule has 0 saturated carbocycles. The highest BCUT2D eigenvalue weighted by Crippen LogP contribution is 2.26. The van der Waals surface area contributed by atoms with Gasteiger partial charge in [0.05, 0.1) is 12.8 Å². The van der Waals surface area contributed by atoms with Crippen molar-refractivity contribution < 1.29 is 18.0 Å². The summed E-state index contributed by atoms with van der Waals surface area (Å²) in [7, 11) is 1.62. The zero-order chi connectivity index (χ0) is 21.1. The maximum Gasteiger partial charge on any atom is 0.245 e. The fraction of sp³-hybridized carbons (Fsp3) is 0.579. The molecule has 9 heteroatoms. The smallest absolute Gasteiger partial charge is 0.245 e. The zero-order valence-electron chi connectivity index (χ0n) is 17.3. The summed E-state index contributed by atoms with van der Waals surface area (Å²) >= 11 is 0. The normalized spacial score (nSPS) is 18.0. The lowest BCUT2D eigenvalue weighted by molar-refractivity contribution is -0.123. The van der Waals surface area contributed by atoms with Gasteiger partial charge in [0.2, 0.25) is 21.8 Å². The summed E-state index contributed by atoms with van der Waals surface area (Å²) in [5.74, 6) is -0.234. The molecule has 1 fully saturated rings. The molecular weight excluding hydrogens is 380 g/mol. The minimum Gasteiger partial charge on any atom is -0.314 e. The van der Waals surface area contributed by atoms with Gasteiger partial charge in [-0.15, -0.1) is 0 Å². The summed E-state index contributed by atoms with van der Waals surface area (Å²) in [5.41, 5.74) is 1.44. The van der Waals surface area contributed by atoms with Gasteiger partial charge in [0, 0.05) is 32.0 Å². The molecular formula is C19H30N4O4S. The minimum atomic E-state index is -3.44. The SMILES string of the molecule is CCN(C)CC(=O)N(C)c1ccc(N2CCCC(N(C)S(C)(=O)=O)C2=O)cc1. The molecule has 0 radical (unpaired) electrons. The third kappa shape index (κ3) is 5.09. The van der Waals surface area contributed by atoms with Gasteiger partial charge in [-0.1, -0.05) is 6.92 Å². The first-order valence-corrected chi connectivity index (χ1v) is 11.2. The van der Waals surface area contributed by atoms with Gasteiger partial charge in [-0.3, -0.25) is 14.5 Å². The summed E-state index contributed by atoms with van der Waals surface area (Å²) < 4.78 is 24.8. The maximum atomic E-state index is 12.8. The van der Waals surface area contributed by atoms with Gasteiger partial charge < -0.3 is 9.80 Å². The van der Waals surface area contributed by atoms with E-state index in [1.165, 1.54) is 7.05 Å². The van der Waals surface area contributed by atoms with E-state index in [-0.39, 0.29) is 11.8 Å². The van der Waals surface area contributed by atoms with Gasteiger partial charge in [-0.2, -0.15) is 4.31 Å². The van der Waals surface area contributed by atoms with Crippen molar-refractivity contribution in [3.05, 3.63) is 24.3 Å². The van der Waals surface area contributed by atoms with Gasteiger partial charge >= 0.3 is 0 Å². The standard InChI is InChI=1S/C19H30N4O4S/c1-6-20(2)14-18(24)21(3)15-9-11-16(12-10-15)23-13-7-8-17(19(23)25)22(4)28(5,26)27/h9-12,17H,6-8,13-14H2,1-5H3. The van der Waals surface area contributed by atoms with Crippen molar-refractivity contribution >= 4 is 33.2 Å². The maximum absolute atomic E-state index is 12.8. The molecule has 28 heavy (non-hydrogen) atoms. The highest BCUT2D eigenvalue weighted by molar-refractivity contribution is 7.88. The van der Waals surface area contributed by atoms with Crippen molar-refractivity contribution in [1.29, 1.82) is 0 Å². The third-order valence-electron chi connectivity index (χ3n) is 5.24. The second kappa shape index (κ2) is 9.02. The summed E-state index contributed by atoms with van der Waals surface area (Å²) in [6.07, 6.45) is 2.34. The molecule has 0 bridgehead atoms. The van der Waals surface area contributed by atoms with Crippen LogP contribution in [0.5, 0.6) is 0 Å². The molecule has 1 aliphatic rings. The number of amides is 2. The second-order valence-corrected chi connectivity index (χ2v) is 9.27. The van der Waals surface area contributed by atoms with Crippen LogP contribution in [-0.2, 0) is 19.6 Å². The van der Waals surface area contributed by atoms with Crippen LogP contribution < -0.4 is 9.80 Å². The Bertz CT molecular complexity index is 810. The second-order valence-electron chi connectivity index (χ2n) is 7.23. The molecule has 1 heterocycles. The van der Waals surface area contributed by atoms with Gasteiger partial charge in [0.25, 0.3) is 0 Å². The van der Waals surface area contributed by atoms with Crippen LogP contribution in [0.15, 0.2) is 24.3 Å². The predicted molar refractivity (Wildman–Crippen MR) is 111 cm³/mol. The van der Waals surface area contributed by atoms with Crippen LogP contribution in [0.3, 0.4) is 0 Å². The Labute approximate surface area is 167 Å². The van der Waals surface area contributed by atoms with Crippen molar-refractivity contribution in [2.75, 3.05) is 56.8 Å². The van der Waals surface area contributed by atoms with Crippen LogP contribution in [0.1, 0.15) is 19.8 Å². The van der Waals surface area contributed by atoms with Gasteiger partial charge in [-0.25, -0.2) is 8.42 Å². The average molecular weight is 411 g/mol. The Morgan fingerprint density at radius 1 is 1.18 bits per heavy atom. The van der Waals surface area contributed by atoms with Crippen LogP contribution in [0.4, 0.5) is 11.4 Å². The first-order valence-electron chi connectivity index (χ1n) is 9.35. The molecule has 2 rings (SSSR count). The number of sulfonamides is 1. The van der Waals surface area contributed by atoms with E-state index in [0.29, 0.717) is 25.2 Å². The molecule has 1 atom stereocenters. The molecule has 1 aromatic carbocycles. The first kappa shape index (κ1) is 22.3. The van der Waals surface area contributed by atoms with Crippen LogP contribution in [-0.4, -0.2) is 82.5 Å². The number of carbonyl (C=O) groups excluding carboxylic acids is 2. The van der Waals surface area contributed by atoms with E-state index in [4.69, 9.17) is 0 Å². The summed E-state index contributed by atoms with van der Waals surface area (Å²) in [5, 5.41) is 0. The van der Waals surface area contributed by atoms with Crippen LogP contribution in [0, 0.1) is 0 Å². The van der Waals surface area contributed by atoms with Crippen LogP contribution >= 0.6 is 0 Å². The molecule has 0 aliphatic carbocycles. The van der Waals surface area contributed by atoms with Crippen molar-refractivity contribution in [1.82, 2.24) is 9.21 Å². The number of nitrogens with zero attached hydrogens (tertiary/aromatic N) is 4. The number of anilines is 2. The van der Waals surface area contributed by atoms with Crippen LogP contribution in [0.25, 0.3) is 0 Å². The Kier molecular flexibility index (Phi) is 7.19. The molecule has 156 valence electrons. The van der Waals surface area contributed by atoms with E-state index in [1.807, 2.05) is 18.9 Å². The molecule has 0 N–H and O–H groups in total. The molecule has 0 spiro atoms. The quantitative estimate of drug-likeness (QED) is 0.670. The van der Waals surface area contributed by atoms with Crippen molar-refractivity contribution in [2.24, 2.45) is 0 Å². The van der Waals surface area contributed by atoms with E-state index in [2.05, 4.69) is 0 Å². The lowest BCUT2D eigenvalue weighted by Crippen LogP contribution is -2.52. The molecule has 0 aromatic heterocycles. The molecule has 1 unspecified atom stereocenters. The van der Waals surface area contributed by atoms with Gasteiger partial charge in [-0.05, 0) is 50.7 Å². The van der Waals surface area contributed by atoms with Crippen LogP contribution in [0.2, 0.25) is 0 Å². The highest BCUT2D eigenvalue weighted by atomic mass is 32.2. The number of piperidine rings is 1. The van der Waals surface area contributed by atoms with Crippen molar-refractivity contribution in [3.8, 4) is 0 Å². The van der Waals surface area contributed by atoms with E-state index in [0.717, 1.165) is 29.2 Å². The fourth-order valence-electron chi connectivity index (χ4n) is 3.13. The minimum absolute atomic E-state index is 0.0130. The summed E-state index contributed by atoms with van der Waals surface area (Å²) in [6.45, 7) is 3.66. The Balaban J connectivity index is 2.14.